The highest BCUT2D eigenvalue weighted by Gasteiger charge is 2.32. The van der Waals surface area contributed by atoms with E-state index in [1.165, 1.54) is 18.2 Å². The van der Waals surface area contributed by atoms with Gasteiger partial charge in [0.05, 0.1) is 28.8 Å². The van der Waals surface area contributed by atoms with Crippen LogP contribution in [0.4, 0.5) is 5.69 Å². The van der Waals surface area contributed by atoms with Crippen molar-refractivity contribution in [3.8, 4) is 5.69 Å². The van der Waals surface area contributed by atoms with E-state index in [1.54, 1.807) is 46.0 Å². The second-order valence-electron chi connectivity index (χ2n) is 12.0. The van der Waals surface area contributed by atoms with Gasteiger partial charge in [-0.15, -0.1) is 0 Å². The lowest BCUT2D eigenvalue weighted by Crippen LogP contribution is -2.46. The van der Waals surface area contributed by atoms with Crippen molar-refractivity contribution in [1.82, 2.24) is 19.6 Å². The third kappa shape index (κ3) is 7.58. The van der Waals surface area contributed by atoms with Gasteiger partial charge >= 0.3 is 0 Å². The number of fused-ring (bicyclic) bond motifs is 1. The standard InChI is InChI=1S/C36H43N5O5S/c1-4-6-19-39(20-7-5-2)36(44)33-21-26(3)41(37-33)34-18-17-29(38-47(45,46)31-15-9-8-10-16-31)23-32(34)35(43)40-24-28-14-12-11-13-27(28)22-30(40)25-42/h8-18,21,23,30,38,42H,4-7,19-20,22,24-25H2,1-3H3. The van der Waals surface area contributed by atoms with Crippen LogP contribution < -0.4 is 4.72 Å². The Bertz CT molecular complexity index is 1810. The molecule has 0 bridgehead atoms. The minimum Gasteiger partial charge on any atom is -0.394 e. The molecule has 1 aliphatic heterocycles. The number of unbranched alkanes of at least 4 members (excludes halogenated alkanes) is 2. The second kappa shape index (κ2) is 15.0. The van der Waals surface area contributed by atoms with Gasteiger partial charge in [-0.05, 0) is 73.7 Å². The molecule has 11 heteroatoms. The summed E-state index contributed by atoms with van der Waals surface area (Å²) >= 11 is 0. The van der Waals surface area contributed by atoms with Crippen LogP contribution in [0, 0.1) is 6.92 Å². The maximum absolute atomic E-state index is 14.5. The number of nitrogens with zero attached hydrogens (tertiary/aromatic N) is 4. The number of carbonyl (C=O) groups excluding carboxylic acids is 2. The molecule has 3 aromatic carbocycles. The Labute approximate surface area is 277 Å². The van der Waals surface area contributed by atoms with E-state index in [-0.39, 0.29) is 46.8 Å². The fraction of sp³-hybridized carbons (Fsp3) is 0.361. The number of aromatic nitrogens is 2. The molecule has 248 valence electrons. The Morgan fingerprint density at radius 3 is 2.26 bits per heavy atom. The van der Waals surface area contributed by atoms with Crippen molar-refractivity contribution in [3.63, 3.8) is 0 Å². The van der Waals surface area contributed by atoms with Gasteiger partial charge in [0.1, 0.15) is 0 Å². The number of sulfonamides is 1. The first-order valence-electron chi connectivity index (χ1n) is 16.2. The molecule has 2 N–H and O–H groups in total. The first-order valence-corrected chi connectivity index (χ1v) is 17.7. The third-order valence-electron chi connectivity index (χ3n) is 8.54. The number of rotatable bonds is 13. The molecule has 4 aromatic rings. The van der Waals surface area contributed by atoms with Gasteiger partial charge in [-0.3, -0.25) is 14.3 Å². The van der Waals surface area contributed by atoms with E-state index in [4.69, 9.17) is 5.10 Å². The van der Waals surface area contributed by atoms with Crippen LogP contribution >= 0.6 is 0 Å². The molecule has 1 aromatic heterocycles. The zero-order valence-electron chi connectivity index (χ0n) is 27.2. The van der Waals surface area contributed by atoms with E-state index in [2.05, 4.69) is 18.6 Å². The van der Waals surface area contributed by atoms with Crippen molar-refractivity contribution in [1.29, 1.82) is 0 Å². The topological polar surface area (TPSA) is 125 Å². The Morgan fingerprint density at radius 2 is 1.60 bits per heavy atom. The number of hydrogen-bond acceptors (Lipinski definition) is 6. The van der Waals surface area contributed by atoms with Crippen molar-refractivity contribution >= 4 is 27.5 Å². The molecule has 0 fully saturated rings. The highest BCUT2D eigenvalue weighted by atomic mass is 32.2. The van der Waals surface area contributed by atoms with Gasteiger partial charge in [-0.2, -0.15) is 5.10 Å². The molecule has 0 aliphatic carbocycles. The summed E-state index contributed by atoms with van der Waals surface area (Å²) in [5.41, 5.74) is 3.77. The number of aliphatic hydroxyl groups is 1. The molecule has 1 unspecified atom stereocenters. The molecule has 0 saturated carbocycles. The molecular weight excluding hydrogens is 614 g/mol. The van der Waals surface area contributed by atoms with Crippen molar-refractivity contribution in [2.75, 3.05) is 24.4 Å². The van der Waals surface area contributed by atoms with Gasteiger partial charge in [0.15, 0.2) is 5.69 Å². The Hall–Kier alpha value is -4.48. The predicted octanol–water partition coefficient (Wildman–Crippen LogP) is 5.58. The van der Waals surface area contributed by atoms with E-state index in [0.29, 0.717) is 30.9 Å². The lowest BCUT2D eigenvalue weighted by Gasteiger charge is -2.36. The molecule has 10 nitrogen and oxygen atoms in total. The highest BCUT2D eigenvalue weighted by Crippen LogP contribution is 2.29. The number of carbonyl (C=O) groups is 2. The molecule has 2 heterocycles. The molecule has 0 saturated heterocycles. The first-order chi connectivity index (χ1) is 22.7. The summed E-state index contributed by atoms with van der Waals surface area (Å²) in [7, 11) is -3.94. The zero-order valence-corrected chi connectivity index (χ0v) is 28.0. The number of aryl methyl sites for hydroxylation is 1. The minimum atomic E-state index is -3.94. The van der Waals surface area contributed by atoms with Crippen LogP contribution in [0.25, 0.3) is 5.69 Å². The van der Waals surface area contributed by atoms with Gasteiger partial charge < -0.3 is 14.9 Å². The number of anilines is 1. The van der Waals surface area contributed by atoms with Gasteiger partial charge in [0.25, 0.3) is 21.8 Å². The fourth-order valence-corrected chi connectivity index (χ4v) is 6.98. The Balaban J connectivity index is 1.56. The maximum atomic E-state index is 14.5. The summed E-state index contributed by atoms with van der Waals surface area (Å²) < 4.78 is 30.6. The van der Waals surface area contributed by atoms with Gasteiger partial charge in [0.2, 0.25) is 0 Å². The summed E-state index contributed by atoms with van der Waals surface area (Å²) in [6.07, 6.45) is 4.19. The van der Waals surface area contributed by atoms with Crippen LogP contribution in [0.3, 0.4) is 0 Å². The number of nitrogens with one attached hydrogen (secondary N) is 1. The van der Waals surface area contributed by atoms with Crippen LogP contribution in [0.5, 0.6) is 0 Å². The second-order valence-corrected chi connectivity index (χ2v) is 13.7. The molecule has 2 amide bonds. The number of benzene rings is 3. The quantitative estimate of drug-likeness (QED) is 0.193. The first kappa shape index (κ1) is 33.9. The van der Waals surface area contributed by atoms with Crippen molar-refractivity contribution in [2.24, 2.45) is 0 Å². The van der Waals surface area contributed by atoms with E-state index >= 15 is 0 Å². The van der Waals surface area contributed by atoms with Crippen molar-refractivity contribution in [3.05, 3.63) is 107 Å². The van der Waals surface area contributed by atoms with Crippen LogP contribution in [0.2, 0.25) is 0 Å². The summed E-state index contributed by atoms with van der Waals surface area (Å²) in [6.45, 7) is 7.32. The molecular formula is C36H43N5O5S. The average molecular weight is 658 g/mol. The van der Waals surface area contributed by atoms with Crippen molar-refractivity contribution in [2.45, 2.75) is 70.4 Å². The van der Waals surface area contributed by atoms with Gasteiger partial charge in [-0.25, -0.2) is 13.1 Å². The lowest BCUT2D eigenvalue weighted by molar-refractivity contribution is 0.0544. The smallest absolute Gasteiger partial charge is 0.274 e. The fourth-order valence-electron chi connectivity index (χ4n) is 5.91. The third-order valence-corrected chi connectivity index (χ3v) is 9.94. The van der Waals surface area contributed by atoms with E-state index in [9.17, 15) is 23.1 Å². The minimum absolute atomic E-state index is 0.0895. The molecule has 5 rings (SSSR count). The summed E-state index contributed by atoms with van der Waals surface area (Å²) in [6, 6.07) is 21.8. The van der Waals surface area contributed by atoms with E-state index in [0.717, 1.165) is 36.8 Å². The van der Waals surface area contributed by atoms with Gasteiger partial charge in [-0.1, -0.05) is 69.2 Å². The summed E-state index contributed by atoms with van der Waals surface area (Å²) in [4.78, 5) is 31.7. The van der Waals surface area contributed by atoms with Crippen LogP contribution in [-0.2, 0) is 23.0 Å². The summed E-state index contributed by atoms with van der Waals surface area (Å²) in [5, 5.41) is 15.0. The molecule has 1 aliphatic rings. The number of amides is 2. The average Bonchev–Trinajstić information content (AvgIpc) is 3.48. The summed E-state index contributed by atoms with van der Waals surface area (Å²) in [5.74, 6) is -0.550. The van der Waals surface area contributed by atoms with E-state index in [1.807, 2.05) is 36.1 Å². The lowest BCUT2D eigenvalue weighted by atomic mass is 9.93. The molecule has 0 radical (unpaired) electrons. The predicted molar refractivity (Wildman–Crippen MR) is 182 cm³/mol. The molecule has 47 heavy (non-hydrogen) atoms. The van der Waals surface area contributed by atoms with Gasteiger partial charge in [0, 0.05) is 31.0 Å². The maximum Gasteiger partial charge on any atom is 0.274 e. The van der Waals surface area contributed by atoms with E-state index < -0.39 is 16.1 Å². The number of hydrogen-bond donors (Lipinski definition) is 2. The SMILES string of the molecule is CCCCN(CCCC)C(=O)c1cc(C)n(-c2ccc(NS(=O)(=O)c3ccccc3)cc2C(=O)N2Cc3ccccc3CC2CO)n1. The monoisotopic (exact) mass is 657 g/mol. The zero-order chi connectivity index (χ0) is 33.6. The molecule has 0 spiro atoms. The normalized spacial score (nSPS) is 14.5. The van der Waals surface area contributed by atoms with Crippen LogP contribution in [0.15, 0.2) is 83.8 Å². The number of aliphatic hydroxyl groups excluding tert-OH is 1. The Morgan fingerprint density at radius 1 is 0.936 bits per heavy atom. The largest absolute Gasteiger partial charge is 0.394 e. The molecule has 1 atom stereocenters. The Kier molecular flexibility index (Phi) is 10.8. The highest BCUT2D eigenvalue weighted by molar-refractivity contribution is 7.92. The van der Waals surface area contributed by atoms with Crippen molar-refractivity contribution < 1.29 is 23.1 Å². The van der Waals surface area contributed by atoms with Crippen LogP contribution in [-0.4, -0.2) is 70.7 Å². The van der Waals surface area contributed by atoms with Crippen LogP contribution in [0.1, 0.15) is 77.2 Å².